The summed E-state index contributed by atoms with van der Waals surface area (Å²) >= 11 is 0. The molecule has 1 saturated heterocycles. The summed E-state index contributed by atoms with van der Waals surface area (Å²) in [5.41, 5.74) is 4.41. The number of anilines is 1. The van der Waals surface area contributed by atoms with Gasteiger partial charge in [-0.3, -0.25) is 4.90 Å². The Kier molecular flexibility index (Phi) is 7.95. The standard InChI is InChI=1S/C31H40N2O/c1-25(2)34-29-17-15-28(16-18-29)32(4)22-19-31(3)20-23-33(24-21-31)30(26-11-7-5-8-12-26)27-13-9-6-10-14-27/h5-18,25,30H,19-24H2,1-4H3. The van der Waals surface area contributed by atoms with Gasteiger partial charge in [-0.15, -0.1) is 0 Å². The number of likely N-dealkylation sites (tertiary alicyclic amines) is 1. The van der Waals surface area contributed by atoms with Crippen LogP contribution in [-0.4, -0.2) is 37.7 Å². The van der Waals surface area contributed by atoms with Crippen LogP contribution in [-0.2, 0) is 0 Å². The van der Waals surface area contributed by atoms with E-state index in [2.05, 4.69) is 123 Å². The summed E-state index contributed by atoms with van der Waals surface area (Å²) in [5.74, 6) is 0.942. The second-order valence-electron chi connectivity index (χ2n) is 10.4. The fraction of sp³-hybridized carbons (Fsp3) is 0.419. The molecule has 0 atom stereocenters. The second kappa shape index (κ2) is 11.1. The normalized spacial score (nSPS) is 16.1. The van der Waals surface area contributed by atoms with Crippen LogP contribution in [0.3, 0.4) is 0 Å². The van der Waals surface area contributed by atoms with Crippen LogP contribution in [0.15, 0.2) is 84.9 Å². The molecule has 1 heterocycles. The highest BCUT2D eigenvalue weighted by Crippen LogP contribution is 2.39. The number of nitrogens with zero attached hydrogens (tertiary/aromatic N) is 2. The fourth-order valence-corrected chi connectivity index (χ4v) is 5.07. The Balaban J connectivity index is 1.36. The first-order chi connectivity index (χ1) is 16.4. The average Bonchev–Trinajstić information content (AvgIpc) is 2.86. The van der Waals surface area contributed by atoms with Crippen LogP contribution in [0.1, 0.15) is 57.2 Å². The van der Waals surface area contributed by atoms with E-state index in [1.165, 1.54) is 36.1 Å². The number of hydrogen-bond acceptors (Lipinski definition) is 3. The largest absolute Gasteiger partial charge is 0.491 e. The predicted octanol–water partition coefficient (Wildman–Crippen LogP) is 7.19. The van der Waals surface area contributed by atoms with Crippen LogP contribution in [0.5, 0.6) is 5.75 Å². The third kappa shape index (κ3) is 6.21. The van der Waals surface area contributed by atoms with Gasteiger partial charge in [-0.05, 0) is 87.0 Å². The Morgan fingerprint density at radius 1 is 0.824 bits per heavy atom. The molecule has 180 valence electrons. The summed E-state index contributed by atoms with van der Waals surface area (Å²) in [7, 11) is 2.21. The lowest BCUT2D eigenvalue weighted by Crippen LogP contribution is -2.42. The molecule has 0 spiro atoms. The van der Waals surface area contributed by atoms with E-state index >= 15 is 0 Å². The third-order valence-corrected chi connectivity index (χ3v) is 7.30. The first kappa shape index (κ1) is 24.3. The lowest BCUT2D eigenvalue weighted by molar-refractivity contribution is 0.0909. The molecular formula is C31H40N2O. The second-order valence-corrected chi connectivity index (χ2v) is 10.4. The van der Waals surface area contributed by atoms with Gasteiger partial charge in [0.25, 0.3) is 0 Å². The van der Waals surface area contributed by atoms with Crippen molar-refractivity contribution in [1.82, 2.24) is 4.90 Å². The zero-order valence-corrected chi connectivity index (χ0v) is 21.3. The van der Waals surface area contributed by atoms with Crippen LogP contribution < -0.4 is 9.64 Å². The number of benzene rings is 3. The van der Waals surface area contributed by atoms with Gasteiger partial charge in [0.15, 0.2) is 0 Å². The lowest BCUT2D eigenvalue weighted by atomic mass is 9.76. The maximum atomic E-state index is 5.79. The Morgan fingerprint density at radius 2 is 1.35 bits per heavy atom. The third-order valence-electron chi connectivity index (χ3n) is 7.30. The zero-order chi connectivity index (χ0) is 24.0. The Labute approximate surface area is 206 Å². The number of hydrogen-bond donors (Lipinski definition) is 0. The van der Waals surface area contributed by atoms with Gasteiger partial charge < -0.3 is 9.64 Å². The molecule has 1 aliphatic heterocycles. The van der Waals surface area contributed by atoms with Gasteiger partial charge >= 0.3 is 0 Å². The van der Waals surface area contributed by atoms with E-state index < -0.39 is 0 Å². The monoisotopic (exact) mass is 456 g/mol. The summed E-state index contributed by atoms with van der Waals surface area (Å²) in [4.78, 5) is 5.07. The molecule has 3 nitrogen and oxygen atoms in total. The molecule has 34 heavy (non-hydrogen) atoms. The highest BCUT2D eigenvalue weighted by atomic mass is 16.5. The minimum absolute atomic E-state index is 0.206. The molecule has 3 aromatic carbocycles. The molecule has 0 unspecified atom stereocenters. The Hall–Kier alpha value is -2.78. The maximum absolute atomic E-state index is 5.79. The zero-order valence-electron chi connectivity index (χ0n) is 21.3. The van der Waals surface area contributed by atoms with Gasteiger partial charge in [0.1, 0.15) is 5.75 Å². The quantitative estimate of drug-likeness (QED) is 0.339. The summed E-state index contributed by atoms with van der Waals surface area (Å²) in [6.45, 7) is 9.95. The van der Waals surface area contributed by atoms with Crippen molar-refractivity contribution in [3.8, 4) is 5.75 Å². The minimum Gasteiger partial charge on any atom is -0.491 e. The van der Waals surface area contributed by atoms with Crippen LogP contribution >= 0.6 is 0 Å². The van der Waals surface area contributed by atoms with Crippen LogP contribution in [0.4, 0.5) is 5.69 Å². The molecule has 4 rings (SSSR count). The lowest BCUT2D eigenvalue weighted by Gasteiger charge is -2.43. The summed E-state index contributed by atoms with van der Waals surface area (Å²) in [6, 6.07) is 30.8. The number of ether oxygens (including phenoxy) is 1. The van der Waals surface area contributed by atoms with Crippen molar-refractivity contribution in [3.63, 3.8) is 0 Å². The minimum atomic E-state index is 0.206. The van der Waals surface area contributed by atoms with Crippen LogP contribution in [0.25, 0.3) is 0 Å². The summed E-state index contributed by atoms with van der Waals surface area (Å²) < 4.78 is 5.79. The van der Waals surface area contributed by atoms with E-state index in [0.717, 1.165) is 25.4 Å². The average molecular weight is 457 g/mol. The maximum Gasteiger partial charge on any atom is 0.119 e. The SMILES string of the molecule is CC(C)Oc1ccc(N(C)CCC2(C)CCN(C(c3ccccc3)c3ccccc3)CC2)cc1. The van der Waals surface area contributed by atoms with Crippen molar-refractivity contribution in [2.75, 3.05) is 31.6 Å². The van der Waals surface area contributed by atoms with Crippen molar-refractivity contribution in [3.05, 3.63) is 96.1 Å². The van der Waals surface area contributed by atoms with Gasteiger partial charge in [0.05, 0.1) is 12.1 Å². The Morgan fingerprint density at radius 3 is 1.85 bits per heavy atom. The van der Waals surface area contributed by atoms with Crippen molar-refractivity contribution in [1.29, 1.82) is 0 Å². The van der Waals surface area contributed by atoms with Gasteiger partial charge in [-0.1, -0.05) is 67.6 Å². The van der Waals surface area contributed by atoms with E-state index in [9.17, 15) is 0 Å². The van der Waals surface area contributed by atoms with Gasteiger partial charge in [0.2, 0.25) is 0 Å². The summed E-state index contributed by atoms with van der Waals surface area (Å²) in [5, 5.41) is 0. The van der Waals surface area contributed by atoms with E-state index in [4.69, 9.17) is 4.74 Å². The van der Waals surface area contributed by atoms with Crippen LogP contribution in [0.2, 0.25) is 0 Å². The molecule has 0 radical (unpaired) electrons. The molecule has 1 aliphatic rings. The number of rotatable bonds is 9. The summed E-state index contributed by atoms with van der Waals surface area (Å²) in [6.07, 6.45) is 3.89. The van der Waals surface area contributed by atoms with Gasteiger partial charge in [0, 0.05) is 19.3 Å². The van der Waals surface area contributed by atoms with E-state index in [0.29, 0.717) is 11.5 Å². The van der Waals surface area contributed by atoms with E-state index in [-0.39, 0.29) is 6.10 Å². The molecule has 0 saturated carbocycles. The highest BCUT2D eigenvalue weighted by molar-refractivity contribution is 5.48. The van der Waals surface area contributed by atoms with Crippen molar-refractivity contribution < 1.29 is 4.74 Å². The smallest absolute Gasteiger partial charge is 0.119 e. The van der Waals surface area contributed by atoms with Crippen molar-refractivity contribution in [2.24, 2.45) is 5.41 Å². The molecule has 1 fully saturated rings. The predicted molar refractivity (Wildman–Crippen MR) is 144 cm³/mol. The first-order valence-corrected chi connectivity index (χ1v) is 12.8. The highest BCUT2D eigenvalue weighted by Gasteiger charge is 2.33. The molecule has 0 aromatic heterocycles. The molecule has 3 aromatic rings. The van der Waals surface area contributed by atoms with Crippen molar-refractivity contribution in [2.45, 2.75) is 52.2 Å². The van der Waals surface area contributed by atoms with Crippen LogP contribution in [0, 0.1) is 5.41 Å². The molecular weight excluding hydrogens is 416 g/mol. The van der Waals surface area contributed by atoms with E-state index in [1.807, 2.05) is 0 Å². The van der Waals surface area contributed by atoms with Gasteiger partial charge in [-0.2, -0.15) is 0 Å². The molecule has 0 N–H and O–H groups in total. The molecule has 0 aliphatic carbocycles. The van der Waals surface area contributed by atoms with Gasteiger partial charge in [-0.25, -0.2) is 0 Å². The molecule has 0 bridgehead atoms. The van der Waals surface area contributed by atoms with Crippen molar-refractivity contribution >= 4 is 5.69 Å². The first-order valence-electron chi connectivity index (χ1n) is 12.8. The number of piperidine rings is 1. The molecule has 3 heteroatoms. The van der Waals surface area contributed by atoms with E-state index in [1.54, 1.807) is 0 Å². The topological polar surface area (TPSA) is 15.7 Å². The Bertz CT molecular complexity index is 953. The molecule has 0 amide bonds. The fourth-order valence-electron chi connectivity index (χ4n) is 5.07.